The Bertz CT molecular complexity index is 1040. The zero-order valence-electron chi connectivity index (χ0n) is 17.4. The van der Waals surface area contributed by atoms with Gasteiger partial charge in [-0.1, -0.05) is 38.1 Å². The number of carbonyl (C=O) groups is 1. The van der Waals surface area contributed by atoms with Gasteiger partial charge in [0.15, 0.2) is 5.78 Å². The minimum absolute atomic E-state index is 0.164. The lowest BCUT2D eigenvalue weighted by atomic mass is 9.96. The first-order chi connectivity index (χ1) is 14.0. The number of nitrogens with zero attached hydrogens (tertiary/aromatic N) is 3. The number of fused-ring (bicyclic) bond motifs is 1. The minimum Gasteiger partial charge on any atom is -0.367 e. The second-order valence-corrected chi connectivity index (χ2v) is 8.22. The zero-order valence-corrected chi connectivity index (χ0v) is 17.4. The average molecular weight is 386 g/mol. The Morgan fingerprint density at radius 3 is 2.86 bits per heavy atom. The molecule has 0 saturated carbocycles. The molecule has 0 fully saturated rings. The third-order valence-electron chi connectivity index (χ3n) is 5.59. The van der Waals surface area contributed by atoms with E-state index in [0.29, 0.717) is 12.3 Å². The number of carbonyl (C=O) groups excluding carboxylic acids is 1. The zero-order chi connectivity index (χ0) is 20.4. The van der Waals surface area contributed by atoms with Crippen molar-refractivity contribution in [1.82, 2.24) is 9.97 Å². The maximum Gasteiger partial charge on any atom is 0.167 e. The molecule has 2 heterocycles. The molecule has 2 aromatic carbocycles. The summed E-state index contributed by atoms with van der Waals surface area (Å²) in [6.45, 7) is 8.09. The molecule has 4 heteroatoms. The van der Waals surface area contributed by atoms with Crippen LogP contribution in [0.3, 0.4) is 0 Å². The molecule has 0 amide bonds. The highest BCUT2D eigenvalue weighted by molar-refractivity contribution is 5.98. The van der Waals surface area contributed by atoms with E-state index in [4.69, 9.17) is 0 Å². The number of ketones is 1. The lowest BCUT2D eigenvalue weighted by Gasteiger charge is -2.30. The number of hydrogen-bond donors (Lipinski definition) is 0. The maximum atomic E-state index is 13.0. The van der Waals surface area contributed by atoms with Crippen molar-refractivity contribution in [2.45, 2.75) is 46.1 Å². The van der Waals surface area contributed by atoms with E-state index in [9.17, 15) is 4.79 Å². The molecule has 148 valence electrons. The highest BCUT2D eigenvalue weighted by Crippen LogP contribution is 2.26. The lowest BCUT2D eigenvalue weighted by Crippen LogP contribution is -2.31. The molecule has 0 spiro atoms. The highest BCUT2D eigenvalue weighted by Gasteiger charge is 2.19. The molecule has 0 bridgehead atoms. The summed E-state index contributed by atoms with van der Waals surface area (Å²) in [7, 11) is 0. The molecule has 1 aliphatic rings. The van der Waals surface area contributed by atoms with Gasteiger partial charge < -0.3 is 4.90 Å². The van der Waals surface area contributed by atoms with Gasteiger partial charge in [0.2, 0.25) is 0 Å². The second-order valence-electron chi connectivity index (χ2n) is 8.22. The second kappa shape index (κ2) is 8.16. The van der Waals surface area contributed by atoms with Gasteiger partial charge in [-0.25, -0.2) is 9.97 Å². The maximum absolute atomic E-state index is 13.0. The molecule has 0 unspecified atom stereocenters. The Balaban J connectivity index is 1.56. The summed E-state index contributed by atoms with van der Waals surface area (Å²) in [4.78, 5) is 23.9. The first kappa shape index (κ1) is 19.3. The number of benzene rings is 2. The van der Waals surface area contributed by atoms with Crippen LogP contribution in [0, 0.1) is 6.92 Å². The predicted molar refractivity (Wildman–Crippen MR) is 117 cm³/mol. The van der Waals surface area contributed by atoms with Crippen molar-refractivity contribution in [1.29, 1.82) is 0 Å². The number of aryl methyl sites for hydroxylation is 1. The molecule has 0 atom stereocenters. The number of hydrogen-bond acceptors (Lipinski definition) is 4. The molecule has 4 nitrogen and oxygen atoms in total. The van der Waals surface area contributed by atoms with Crippen LogP contribution in [-0.4, -0.2) is 22.3 Å². The minimum atomic E-state index is 0.164. The van der Waals surface area contributed by atoms with E-state index >= 15 is 0 Å². The molecule has 4 rings (SSSR count). The van der Waals surface area contributed by atoms with Crippen LogP contribution in [0.15, 0.2) is 55.0 Å². The molecule has 1 aliphatic heterocycles. The van der Waals surface area contributed by atoms with Crippen LogP contribution in [0.2, 0.25) is 0 Å². The first-order valence-electron chi connectivity index (χ1n) is 10.3. The summed E-state index contributed by atoms with van der Waals surface area (Å²) < 4.78 is 0. The van der Waals surface area contributed by atoms with Crippen LogP contribution in [0.4, 0.5) is 5.69 Å². The summed E-state index contributed by atoms with van der Waals surface area (Å²) in [5, 5.41) is 0. The van der Waals surface area contributed by atoms with Gasteiger partial charge in [0, 0.05) is 48.9 Å². The lowest BCUT2D eigenvalue weighted by molar-refractivity contribution is 0.0993. The summed E-state index contributed by atoms with van der Waals surface area (Å²) in [5.74, 6) is 0.623. The standard InChI is InChI=1S/C25H27N3O/c1-17(2)20-6-4-5-19(11-20)12-25(29)21-9-18(3)10-23(13-21)28-8-7-24-22(15-28)14-26-16-27-24/h4-6,9-11,13-14,16-17H,7-8,12,15H2,1-3H3. The van der Waals surface area contributed by atoms with Gasteiger partial charge in [0.25, 0.3) is 0 Å². The quantitative estimate of drug-likeness (QED) is 0.586. The summed E-state index contributed by atoms with van der Waals surface area (Å²) in [6, 6.07) is 14.6. The van der Waals surface area contributed by atoms with Gasteiger partial charge in [-0.05, 0) is 47.7 Å². The van der Waals surface area contributed by atoms with Crippen molar-refractivity contribution >= 4 is 11.5 Å². The van der Waals surface area contributed by atoms with Crippen molar-refractivity contribution in [2.24, 2.45) is 0 Å². The smallest absolute Gasteiger partial charge is 0.167 e. The van der Waals surface area contributed by atoms with Crippen molar-refractivity contribution in [3.63, 3.8) is 0 Å². The monoisotopic (exact) mass is 385 g/mol. The number of aromatic nitrogens is 2. The third kappa shape index (κ3) is 4.37. The van der Waals surface area contributed by atoms with Crippen LogP contribution in [0.5, 0.6) is 0 Å². The van der Waals surface area contributed by atoms with E-state index in [-0.39, 0.29) is 5.78 Å². The van der Waals surface area contributed by atoms with Crippen LogP contribution in [0.1, 0.15) is 58.1 Å². The van der Waals surface area contributed by atoms with Gasteiger partial charge in [0.1, 0.15) is 6.33 Å². The van der Waals surface area contributed by atoms with E-state index in [1.807, 2.05) is 30.5 Å². The topological polar surface area (TPSA) is 46.1 Å². The first-order valence-corrected chi connectivity index (χ1v) is 10.3. The molecule has 3 aromatic rings. The van der Waals surface area contributed by atoms with Crippen LogP contribution < -0.4 is 4.90 Å². The fourth-order valence-corrected chi connectivity index (χ4v) is 3.94. The van der Waals surface area contributed by atoms with E-state index in [0.717, 1.165) is 47.6 Å². The van der Waals surface area contributed by atoms with Crippen LogP contribution in [0.25, 0.3) is 0 Å². The Morgan fingerprint density at radius 1 is 1.17 bits per heavy atom. The van der Waals surface area contributed by atoms with Crippen molar-refractivity contribution in [3.8, 4) is 0 Å². The number of anilines is 1. The van der Waals surface area contributed by atoms with E-state index in [2.05, 4.69) is 53.8 Å². The highest BCUT2D eigenvalue weighted by atomic mass is 16.1. The van der Waals surface area contributed by atoms with Crippen molar-refractivity contribution in [3.05, 3.63) is 88.5 Å². The Morgan fingerprint density at radius 2 is 2.03 bits per heavy atom. The van der Waals surface area contributed by atoms with Gasteiger partial charge in [-0.2, -0.15) is 0 Å². The predicted octanol–water partition coefficient (Wildman–Crippen LogP) is 4.90. The molecular weight excluding hydrogens is 358 g/mol. The van der Waals surface area contributed by atoms with Crippen molar-refractivity contribution in [2.75, 3.05) is 11.4 Å². The van der Waals surface area contributed by atoms with E-state index in [1.165, 1.54) is 11.1 Å². The fraction of sp³-hybridized carbons (Fsp3) is 0.320. The van der Waals surface area contributed by atoms with Gasteiger partial charge in [-0.15, -0.1) is 0 Å². The Hall–Kier alpha value is -3.01. The summed E-state index contributed by atoms with van der Waals surface area (Å²) >= 11 is 0. The molecule has 1 aromatic heterocycles. The molecule has 29 heavy (non-hydrogen) atoms. The molecular formula is C25H27N3O. The Kier molecular flexibility index (Phi) is 5.43. The molecule has 0 N–H and O–H groups in total. The molecule has 0 aliphatic carbocycles. The van der Waals surface area contributed by atoms with E-state index in [1.54, 1.807) is 6.33 Å². The molecule has 0 saturated heterocycles. The van der Waals surface area contributed by atoms with Crippen LogP contribution >= 0.6 is 0 Å². The SMILES string of the molecule is Cc1cc(C(=O)Cc2cccc(C(C)C)c2)cc(N2CCc3ncncc3C2)c1. The van der Waals surface area contributed by atoms with Crippen molar-refractivity contribution < 1.29 is 4.79 Å². The Labute approximate surface area is 172 Å². The van der Waals surface area contributed by atoms with Gasteiger partial charge >= 0.3 is 0 Å². The van der Waals surface area contributed by atoms with Gasteiger partial charge in [0.05, 0.1) is 5.69 Å². The summed E-state index contributed by atoms with van der Waals surface area (Å²) in [6.07, 6.45) is 4.85. The number of Topliss-reactive ketones (excluding diaryl/α,β-unsaturated/α-hetero) is 1. The summed E-state index contributed by atoms with van der Waals surface area (Å²) in [5.41, 5.74) is 7.63. The van der Waals surface area contributed by atoms with Crippen LogP contribution in [-0.2, 0) is 19.4 Å². The largest absolute Gasteiger partial charge is 0.367 e. The van der Waals surface area contributed by atoms with Gasteiger partial charge in [-0.3, -0.25) is 4.79 Å². The molecule has 0 radical (unpaired) electrons. The average Bonchev–Trinajstić information content (AvgIpc) is 2.73. The fourth-order valence-electron chi connectivity index (χ4n) is 3.94. The van der Waals surface area contributed by atoms with E-state index < -0.39 is 0 Å². The number of rotatable bonds is 5. The third-order valence-corrected chi connectivity index (χ3v) is 5.59. The normalized spacial score (nSPS) is 13.4.